The first-order valence-electron chi connectivity index (χ1n) is 3.72. The number of unbranched alkanes of at least 4 members (excludes halogenated alkanes) is 2. The van der Waals surface area contributed by atoms with Crippen LogP contribution < -0.4 is 0 Å². The van der Waals surface area contributed by atoms with Crippen LogP contribution in [0.2, 0.25) is 0 Å². The lowest BCUT2D eigenvalue weighted by Gasteiger charge is -1.85. The van der Waals surface area contributed by atoms with Gasteiger partial charge in [-0.05, 0) is 6.42 Å². The molecule has 0 atom stereocenters. The van der Waals surface area contributed by atoms with E-state index in [0.717, 1.165) is 12.8 Å². The topological polar surface area (TPSA) is 142 Å². The predicted molar refractivity (Wildman–Crippen MR) is 53.8 cm³/mol. The van der Waals surface area contributed by atoms with Gasteiger partial charge in [0, 0.05) is 6.61 Å². The van der Waals surface area contributed by atoms with Gasteiger partial charge in [0.15, 0.2) is 0 Å². The molecule has 0 amide bonds. The van der Waals surface area contributed by atoms with Crippen molar-refractivity contribution in [1.29, 1.82) is 0 Å². The van der Waals surface area contributed by atoms with Gasteiger partial charge in [0.25, 0.3) is 0 Å². The average molecular weight is 252 g/mol. The molecule has 7 N–H and O–H groups in total. The second-order valence-electron chi connectivity index (χ2n) is 1.97. The number of rotatable bonds is 3. The van der Waals surface area contributed by atoms with Gasteiger partial charge in [-0.1, -0.05) is 19.8 Å². The summed E-state index contributed by atoms with van der Waals surface area (Å²) in [6.45, 7) is 2.48. The van der Waals surface area contributed by atoms with E-state index >= 15 is 0 Å². The zero-order valence-electron chi connectivity index (χ0n) is 7.85. The maximum absolute atomic E-state index is 8.20. The summed E-state index contributed by atoms with van der Waals surface area (Å²) in [6, 6.07) is 0. The Bertz CT molecular complexity index is 67.0. The van der Waals surface area contributed by atoms with E-state index in [-0.39, 0.29) is 0 Å². The van der Waals surface area contributed by atoms with Gasteiger partial charge in [-0.3, -0.25) is 0 Å². The lowest BCUT2D eigenvalue weighted by atomic mass is 10.3. The van der Waals surface area contributed by atoms with Crippen LogP contribution in [0.1, 0.15) is 26.2 Å². The van der Waals surface area contributed by atoms with Crippen LogP contribution in [0.5, 0.6) is 0 Å². The van der Waals surface area contributed by atoms with Crippen LogP contribution in [0.25, 0.3) is 0 Å². The van der Waals surface area contributed by atoms with Crippen LogP contribution in [0, 0.1) is 0 Å². The molecule has 0 aliphatic carbocycles. The van der Waals surface area contributed by atoms with Crippen molar-refractivity contribution in [3.8, 4) is 0 Å². The van der Waals surface area contributed by atoms with Gasteiger partial charge in [-0.25, -0.2) is 0 Å². The van der Waals surface area contributed by atoms with E-state index in [9.17, 15) is 0 Å². The third-order valence-corrected chi connectivity index (χ3v) is 0.762. The Balaban J connectivity index is -0.000000135. The summed E-state index contributed by atoms with van der Waals surface area (Å²) in [7, 11) is -5.24. The third-order valence-electron chi connectivity index (χ3n) is 0.762. The molecular formula is C5H18O7P2. The van der Waals surface area contributed by atoms with Gasteiger partial charge < -0.3 is 34.5 Å². The normalized spacial score (nSPS) is 9.00. The molecule has 0 aromatic rings. The fraction of sp³-hybridized carbons (Fsp3) is 1.00. The monoisotopic (exact) mass is 252 g/mol. The summed E-state index contributed by atoms with van der Waals surface area (Å²) in [5.74, 6) is 0. The first-order valence-corrected chi connectivity index (χ1v) is 6.12. The predicted octanol–water partition coefficient (Wildman–Crippen LogP) is -0.451. The number of hydrogen-bond acceptors (Lipinski definition) is 7. The molecule has 0 aliphatic heterocycles. The molecule has 14 heavy (non-hydrogen) atoms. The molecule has 0 bridgehead atoms. The SMILES string of the molecule is CCCCCO.OP(O)O.OP(O)O. The maximum Gasteiger partial charge on any atom is 0.324 e. The molecule has 0 unspecified atom stereocenters. The molecule has 0 saturated heterocycles. The zero-order chi connectivity index (χ0) is 12.0. The minimum atomic E-state index is -2.62. The highest BCUT2D eigenvalue weighted by Gasteiger charge is 1.77. The molecule has 0 rings (SSSR count). The van der Waals surface area contributed by atoms with Crippen molar-refractivity contribution in [3.05, 3.63) is 0 Å². The van der Waals surface area contributed by atoms with Crippen LogP contribution in [-0.2, 0) is 0 Å². The van der Waals surface area contributed by atoms with Gasteiger partial charge in [0.1, 0.15) is 0 Å². The first-order chi connectivity index (χ1) is 6.38. The molecule has 0 aromatic carbocycles. The minimum absolute atomic E-state index is 0.355. The van der Waals surface area contributed by atoms with E-state index in [1.165, 1.54) is 6.42 Å². The molecule has 9 heteroatoms. The summed E-state index contributed by atoms with van der Waals surface area (Å²) >= 11 is 0. The standard InChI is InChI=1S/C5H12O.2H3O3P/c1-2-3-4-5-6;2*1-4(2)3/h6H,2-5H2,1H3;2*1-3H. The van der Waals surface area contributed by atoms with Crippen molar-refractivity contribution >= 4 is 17.2 Å². The van der Waals surface area contributed by atoms with Gasteiger partial charge in [-0.15, -0.1) is 0 Å². The lowest BCUT2D eigenvalue weighted by Crippen LogP contribution is -1.78. The molecule has 0 fully saturated rings. The van der Waals surface area contributed by atoms with E-state index in [1.807, 2.05) is 0 Å². The smallest absolute Gasteiger partial charge is 0.324 e. The molecule has 0 aliphatic rings. The Labute approximate surface area is 85.3 Å². The van der Waals surface area contributed by atoms with Crippen LogP contribution >= 0.6 is 17.2 Å². The summed E-state index contributed by atoms with van der Waals surface area (Å²) in [4.78, 5) is 43.4. The summed E-state index contributed by atoms with van der Waals surface area (Å²) in [6.07, 6.45) is 3.33. The summed E-state index contributed by atoms with van der Waals surface area (Å²) in [5.41, 5.74) is 0. The highest BCUT2D eigenvalue weighted by Crippen LogP contribution is 2.12. The van der Waals surface area contributed by atoms with Crippen LogP contribution in [0.15, 0.2) is 0 Å². The van der Waals surface area contributed by atoms with E-state index in [0.29, 0.717) is 6.61 Å². The number of aliphatic hydroxyl groups is 1. The number of aliphatic hydroxyl groups excluding tert-OH is 1. The van der Waals surface area contributed by atoms with E-state index < -0.39 is 17.2 Å². The molecule has 0 saturated carbocycles. The van der Waals surface area contributed by atoms with Crippen molar-refractivity contribution in [3.63, 3.8) is 0 Å². The van der Waals surface area contributed by atoms with Crippen molar-refractivity contribution in [2.75, 3.05) is 6.61 Å². The Morgan fingerprint density at radius 2 is 1.07 bits per heavy atom. The largest absolute Gasteiger partial charge is 0.396 e. The van der Waals surface area contributed by atoms with E-state index in [4.69, 9.17) is 34.5 Å². The van der Waals surface area contributed by atoms with Crippen molar-refractivity contribution < 1.29 is 34.5 Å². The van der Waals surface area contributed by atoms with Crippen LogP contribution in [-0.4, -0.2) is 41.1 Å². The molecule has 90 valence electrons. The van der Waals surface area contributed by atoms with Gasteiger partial charge in [0.05, 0.1) is 0 Å². The fourth-order valence-electron chi connectivity index (χ4n) is 0.362. The molecule has 0 heterocycles. The van der Waals surface area contributed by atoms with Crippen LogP contribution in [0.4, 0.5) is 0 Å². The van der Waals surface area contributed by atoms with E-state index in [1.54, 1.807) is 0 Å². The molecular weight excluding hydrogens is 234 g/mol. The zero-order valence-corrected chi connectivity index (χ0v) is 9.64. The Morgan fingerprint density at radius 1 is 0.786 bits per heavy atom. The van der Waals surface area contributed by atoms with Gasteiger partial charge in [0.2, 0.25) is 0 Å². The maximum atomic E-state index is 8.20. The molecule has 0 aromatic heterocycles. The summed E-state index contributed by atoms with van der Waals surface area (Å²) < 4.78 is 0. The molecule has 7 nitrogen and oxygen atoms in total. The Hall–Kier alpha value is 0.580. The van der Waals surface area contributed by atoms with Crippen LogP contribution in [0.3, 0.4) is 0 Å². The highest BCUT2D eigenvalue weighted by atomic mass is 31.2. The van der Waals surface area contributed by atoms with Gasteiger partial charge >= 0.3 is 17.2 Å². The second kappa shape index (κ2) is 19.2. The van der Waals surface area contributed by atoms with E-state index in [2.05, 4.69) is 6.92 Å². The Kier molecular flexibility index (Phi) is 27.5. The van der Waals surface area contributed by atoms with Crippen molar-refractivity contribution in [1.82, 2.24) is 0 Å². The van der Waals surface area contributed by atoms with Crippen molar-refractivity contribution in [2.24, 2.45) is 0 Å². The quantitative estimate of drug-likeness (QED) is 0.266. The third kappa shape index (κ3) is 132. The minimum Gasteiger partial charge on any atom is -0.396 e. The summed E-state index contributed by atoms with van der Waals surface area (Å²) in [5, 5.41) is 8.20. The molecule has 0 radical (unpaired) electrons. The first kappa shape index (κ1) is 20.1. The van der Waals surface area contributed by atoms with Crippen molar-refractivity contribution in [2.45, 2.75) is 26.2 Å². The fourth-order valence-corrected chi connectivity index (χ4v) is 0.362. The van der Waals surface area contributed by atoms with Gasteiger partial charge in [-0.2, -0.15) is 0 Å². The Morgan fingerprint density at radius 3 is 1.14 bits per heavy atom. The highest BCUT2D eigenvalue weighted by molar-refractivity contribution is 7.38. The average Bonchev–Trinajstić information content (AvgIpc) is 1.98. The molecule has 0 spiro atoms. The number of hydrogen-bond donors (Lipinski definition) is 7. The second-order valence-corrected chi connectivity index (χ2v) is 3.04. The lowest BCUT2D eigenvalue weighted by molar-refractivity contribution is 0.284.